The fraction of sp³-hybridized carbons (Fsp3) is 0.455. The van der Waals surface area contributed by atoms with Crippen LogP contribution in [0.2, 0.25) is 0 Å². The van der Waals surface area contributed by atoms with Crippen LogP contribution in [0.5, 0.6) is 0 Å². The minimum atomic E-state index is 0.227. The molecule has 0 spiro atoms. The summed E-state index contributed by atoms with van der Waals surface area (Å²) >= 11 is 0. The molecule has 2 aliphatic heterocycles. The molecule has 0 aromatic heterocycles. The molecule has 4 atom stereocenters. The summed E-state index contributed by atoms with van der Waals surface area (Å²) < 4.78 is 0. The number of hydrogen-bond acceptors (Lipinski definition) is 0. The Balaban J connectivity index is 1.39. The van der Waals surface area contributed by atoms with Gasteiger partial charge in [0.05, 0.1) is 0 Å². The van der Waals surface area contributed by atoms with Gasteiger partial charge in [0, 0.05) is 11.3 Å². The van der Waals surface area contributed by atoms with Gasteiger partial charge in [0.2, 0.25) is 0 Å². The Morgan fingerprint density at radius 2 is 1.04 bits per heavy atom. The average molecular weight is 354 g/mol. The van der Waals surface area contributed by atoms with Crippen molar-refractivity contribution in [1.82, 2.24) is 0 Å². The lowest BCUT2D eigenvalue weighted by molar-refractivity contribution is 0.825. The lowest BCUT2D eigenvalue weighted by Crippen LogP contribution is -2.01. The van der Waals surface area contributed by atoms with E-state index in [4.69, 9.17) is 0 Å². The van der Waals surface area contributed by atoms with Crippen molar-refractivity contribution in [3.05, 3.63) is 71.8 Å². The second-order valence-corrected chi connectivity index (χ2v) is 12.6. The molecule has 0 N–H and O–H groups in total. The van der Waals surface area contributed by atoms with Gasteiger partial charge in [-0.15, -0.1) is 0 Å². The van der Waals surface area contributed by atoms with Crippen LogP contribution < -0.4 is 0 Å². The molecule has 2 aromatic rings. The van der Waals surface area contributed by atoms with Gasteiger partial charge in [-0.05, 0) is 61.5 Å². The molecule has 2 fully saturated rings. The maximum atomic E-state index is 2.37. The van der Waals surface area contributed by atoms with Crippen molar-refractivity contribution < 1.29 is 0 Å². The summed E-state index contributed by atoms with van der Waals surface area (Å²) in [6, 6.07) is 22.7. The van der Waals surface area contributed by atoms with Crippen molar-refractivity contribution in [1.29, 1.82) is 0 Å². The highest BCUT2D eigenvalue weighted by Crippen LogP contribution is 2.64. The topological polar surface area (TPSA) is 0 Å². The molecule has 2 heterocycles. The van der Waals surface area contributed by atoms with Gasteiger partial charge in [0.15, 0.2) is 0 Å². The molecule has 2 unspecified atom stereocenters. The van der Waals surface area contributed by atoms with Gasteiger partial charge in [-0.25, -0.2) is 0 Å². The second-order valence-electron chi connectivity index (χ2n) is 7.21. The monoisotopic (exact) mass is 354 g/mol. The molecule has 2 aromatic carbocycles. The molecule has 2 heteroatoms. The highest BCUT2D eigenvalue weighted by Gasteiger charge is 2.31. The van der Waals surface area contributed by atoms with Crippen LogP contribution in [0.1, 0.15) is 48.1 Å². The lowest BCUT2D eigenvalue weighted by Gasteiger charge is -2.25. The van der Waals surface area contributed by atoms with Crippen LogP contribution in [-0.4, -0.2) is 24.6 Å². The van der Waals surface area contributed by atoms with Crippen molar-refractivity contribution in [2.24, 2.45) is 0 Å². The highest BCUT2D eigenvalue weighted by molar-refractivity contribution is 7.62. The first kappa shape index (κ1) is 16.8. The van der Waals surface area contributed by atoms with Gasteiger partial charge < -0.3 is 0 Å². The molecule has 0 bridgehead atoms. The Labute approximate surface area is 149 Å². The normalized spacial score (nSPS) is 29.8. The molecule has 2 aliphatic rings. The molecule has 0 aliphatic carbocycles. The minimum Gasteiger partial charge on any atom is -0.0987 e. The van der Waals surface area contributed by atoms with E-state index in [1.807, 2.05) is 0 Å². The standard InChI is InChI=1S/C22H28P2/c1-3-9-19(10-4-1)21-13-7-15-23(21)17-18-24-16-8-14-22(24)20-11-5-2-6-12-20/h1-6,9-12,21-22H,7-8,13-18H2/t21-,22-,23?,24?/m1/s1. The van der Waals surface area contributed by atoms with E-state index in [2.05, 4.69) is 60.7 Å². The molecular weight excluding hydrogens is 326 g/mol. The molecule has 24 heavy (non-hydrogen) atoms. The van der Waals surface area contributed by atoms with Crippen molar-refractivity contribution in [3.8, 4) is 0 Å². The first-order valence-electron chi connectivity index (χ1n) is 9.50. The van der Waals surface area contributed by atoms with Crippen LogP contribution >= 0.6 is 15.8 Å². The summed E-state index contributed by atoms with van der Waals surface area (Å²) in [6.07, 6.45) is 11.9. The summed E-state index contributed by atoms with van der Waals surface area (Å²) in [5.74, 6) is 0. The molecule has 4 rings (SSSR count). The summed E-state index contributed by atoms with van der Waals surface area (Å²) in [6.45, 7) is 0. The molecule has 0 nitrogen and oxygen atoms in total. The van der Waals surface area contributed by atoms with Crippen molar-refractivity contribution in [2.45, 2.75) is 37.0 Å². The van der Waals surface area contributed by atoms with Crippen LogP contribution in [-0.2, 0) is 0 Å². The lowest BCUT2D eigenvalue weighted by atomic mass is 10.1. The van der Waals surface area contributed by atoms with E-state index in [9.17, 15) is 0 Å². The van der Waals surface area contributed by atoms with Crippen LogP contribution in [0, 0.1) is 0 Å². The zero-order valence-corrected chi connectivity index (χ0v) is 16.3. The molecule has 2 saturated heterocycles. The molecule has 0 radical (unpaired) electrons. The average Bonchev–Trinajstić information content (AvgIpc) is 3.30. The van der Waals surface area contributed by atoms with Gasteiger partial charge in [-0.1, -0.05) is 76.5 Å². The van der Waals surface area contributed by atoms with Crippen LogP contribution in [0.4, 0.5) is 0 Å². The predicted octanol–water partition coefficient (Wildman–Crippen LogP) is 7.02. The van der Waals surface area contributed by atoms with E-state index in [-0.39, 0.29) is 15.8 Å². The zero-order valence-electron chi connectivity index (χ0n) is 14.5. The van der Waals surface area contributed by atoms with Crippen molar-refractivity contribution in [3.63, 3.8) is 0 Å². The number of hydrogen-bond donors (Lipinski definition) is 0. The van der Waals surface area contributed by atoms with Crippen LogP contribution in [0.25, 0.3) is 0 Å². The Morgan fingerprint density at radius 3 is 1.46 bits per heavy atom. The smallest absolute Gasteiger partial charge is 0.00420 e. The number of benzene rings is 2. The third-order valence-electron chi connectivity index (χ3n) is 5.77. The van der Waals surface area contributed by atoms with E-state index in [0.717, 1.165) is 11.3 Å². The van der Waals surface area contributed by atoms with Gasteiger partial charge >= 0.3 is 0 Å². The Kier molecular flexibility index (Phi) is 5.67. The number of rotatable bonds is 5. The summed E-state index contributed by atoms with van der Waals surface area (Å²) in [7, 11) is 0.455. The highest BCUT2D eigenvalue weighted by atomic mass is 31.1. The fourth-order valence-corrected chi connectivity index (χ4v) is 11.8. The van der Waals surface area contributed by atoms with E-state index in [1.54, 1.807) is 11.1 Å². The maximum Gasteiger partial charge on any atom is 0.00420 e. The largest absolute Gasteiger partial charge is 0.0987 e. The Morgan fingerprint density at radius 1 is 0.625 bits per heavy atom. The van der Waals surface area contributed by atoms with E-state index in [0.29, 0.717) is 0 Å². The quantitative estimate of drug-likeness (QED) is 0.506. The second kappa shape index (κ2) is 8.12. The molecule has 0 saturated carbocycles. The van der Waals surface area contributed by atoms with Gasteiger partial charge in [-0.3, -0.25) is 0 Å². The van der Waals surface area contributed by atoms with Crippen molar-refractivity contribution in [2.75, 3.05) is 24.6 Å². The predicted molar refractivity (Wildman–Crippen MR) is 110 cm³/mol. The van der Waals surface area contributed by atoms with E-state index < -0.39 is 0 Å². The van der Waals surface area contributed by atoms with Crippen LogP contribution in [0.3, 0.4) is 0 Å². The summed E-state index contributed by atoms with van der Waals surface area (Å²) in [5.41, 5.74) is 5.04. The Bertz CT molecular complexity index is 567. The van der Waals surface area contributed by atoms with Gasteiger partial charge in [0.1, 0.15) is 0 Å². The maximum absolute atomic E-state index is 2.37. The summed E-state index contributed by atoms with van der Waals surface area (Å²) in [4.78, 5) is 0. The summed E-state index contributed by atoms with van der Waals surface area (Å²) in [5, 5.41) is 0. The molecule has 0 amide bonds. The Hall–Kier alpha value is -0.700. The van der Waals surface area contributed by atoms with Gasteiger partial charge in [0.25, 0.3) is 0 Å². The van der Waals surface area contributed by atoms with E-state index >= 15 is 0 Å². The minimum absolute atomic E-state index is 0.227. The SMILES string of the molecule is c1ccc([C@H]2CCCP2CCP2CCC[C@@H]2c2ccccc2)cc1. The first-order valence-corrected chi connectivity index (χ1v) is 13.1. The molecular formula is C22H28P2. The van der Waals surface area contributed by atoms with Crippen molar-refractivity contribution >= 4 is 15.8 Å². The first-order chi connectivity index (χ1) is 11.9. The molecule has 126 valence electrons. The fourth-order valence-electron chi connectivity index (χ4n) is 4.55. The third-order valence-corrected chi connectivity index (χ3v) is 12.4. The van der Waals surface area contributed by atoms with Gasteiger partial charge in [-0.2, -0.15) is 0 Å². The van der Waals surface area contributed by atoms with E-state index in [1.165, 1.54) is 50.3 Å². The van der Waals surface area contributed by atoms with Crippen LogP contribution in [0.15, 0.2) is 60.7 Å². The zero-order chi connectivity index (χ0) is 16.2. The third kappa shape index (κ3) is 3.76.